The van der Waals surface area contributed by atoms with Crippen LogP contribution in [0.25, 0.3) is 0 Å². The molecule has 0 fully saturated rings. The zero-order chi connectivity index (χ0) is 17.1. The lowest BCUT2D eigenvalue weighted by molar-refractivity contribution is -0.148. The third kappa shape index (κ3) is 8.23. The first kappa shape index (κ1) is 19.9. The standard InChI is InChI=1S/C14H24N2O6/c1-4-21-12(18)7-6-11(17)16-10(13(15)19)8-9(3)14(20)22-5-2/h9-10H,4-8H2,1-3H3,(H2,15,19)(H,16,17)/t9-,10-/m0/s1. The van der Waals surface area contributed by atoms with E-state index in [1.807, 2.05) is 0 Å². The van der Waals surface area contributed by atoms with E-state index in [4.69, 9.17) is 15.2 Å². The molecule has 3 N–H and O–H groups in total. The van der Waals surface area contributed by atoms with Gasteiger partial charge in [0, 0.05) is 6.42 Å². The van der Waals surface area contributed by atoms with E-state index in [1.165, 1.54) is 0 Å². The van der Waals surface area contributed by atoms with Gasteiger partial charge in [-0.2, -0.15) is 0 Å². The molecule has 126 valence electrons. The predicted octanol–water partition coefficient (Wildman–Crippen LogP) is -0.111. The number of hydrogen-bond acceptors (Lipinski definition) is 6. The van der Waals surface area contributed by atoms with E-state index < -0.39 is 35.7 Å². The van der Waals surface area contributed by atoms with Gasteiger partial charge in [0.25, 0.3) is 0 Å². The molecule has 0 rings (SSSR count). The fourth-order valence-corrected chi connectivity index (χ4v) is 1.70. The molecule has 0 aliphatic heterocycles. The zero-order valence-corrected chi connectivity index (χ0v) is 13.2. The van der Waals surface area contributed by atoms with Crippen LogP contribution < -0.4 is 11.1 Å². The molecule has 0 aliphatic carbocycles. The van der Waals surface area contributed by atoms with E-state index in [0.29, 0.717) is 0 Å². The van der Waals surface area contributed by atoms with Crippen molar-refractivity contribution >= 4 is 23.8 Å². The van der Waals surface area contributed by atoms with E-state index in [1.54, 1.807) is 20.8 Å². The maximum Gasteiger partial charge on any atom is 0.308 e. The van der Waals surface area contributed by atoms with Crippen molar-refractivity contribution in [3.63, 3.8) is 0 Å². The molecular weight excluding hydrogens is 292 g/mol. The predicted molar refractivity (Wildman–Crippen MR) is 77.4 cm³/mol. The number of nitrogens with one attached hydrogen (secondary N) is 1. The topological polar surface area (TPSA) is 125 Å². The summed E-state index contributed by atoms with van der Waals surface area (Å²) in [4.78, 5) is 45.7. The third-order valence-electron chi connectivity index (χ3n) is 2.82. The molecule has 0 aromatic heterocycles. The highest BCUT2D eigenvalue weighted by Gasteiger charge is 2.25. The zero-order valence-electron chi connectivity index (χ0n) is 13.2. The van der Waals surface area contributed by atoms with Crippen LogP contribution in [-0.4, -0.2) is 43.0 Å². The highest BCUT2D eigenvalue weighted by molar-refractivity contribution is 5.88. The maximum absolute atomic E-state index is 11.7. The average molecular weight is 316 g/mol. The Balaban J connectivity index is 4.40. The van der Waals surface area contributed by atoms with Crippen LogP contribution in [0, 0.1) is 5.92 Å². The molecule has 0 saturated heterocycles. The Labute approximate surface area is 129 Å². The van der Waals surface area contributed by atoms with Crippen molar-refractivity contribution in [1.82, 2.24) is 5.32 Å². The van der Waals surface area contributed by atoms with Crippen LogP contribution in [0.2, 0.25) is 0 Å². The van der Waals surface area contributed by atoms with Crippen molar-refractivity contribution in [2.24, 2.45) is 11.7 Å². The van der Waals surface area contributed by atoms with Gasteiger partial charge in [-0.05, 0) is 20.3 Å². The molecule has 0 aliphatic rings. The summed E-state index contributed by atoms with van der Waals surface area (Å²) in [6, 6.07) is -0.992. The molecule has 2 amide bonds. The molecule has 0 saturated carbocycles. The summed E-state index contributed by atoms with van der Waals surface area (Å²) in [5.41, 5.74) is 5.21. The molecule has 8 nitrogen and oxygen atoms in total. The Bertz CT molecular complexity index is 410. The van der Waals surface area contributed by atoms with E-state index >= 15 is 0 Å². The van der Waals surface area contributed by atoms with Crippen molar-refractivity contribution in [1.29, 1.82) is 0 Å². The van der Waals surface area contributed by atoms with Gasteiger partial charge in [0.05, 0.1) is 25.6 Å². The molecule has 0 aromatic rings. The maximum atomic E-state index is 11.7. The van der Waals surface area contributed by atoms with Crippen LogP contribution in [0.1, 0.15) is 40.0 Å². The van der Waals surface area contributed by atoms with Crippen LogP contribution >= 0.6 is 0 Å². The van der Waals surface area contributed by atoms with Crippen molar-refractivity contribution in [2.45, 2.75) is 46.1 Å². The monoisotopic (exact) mass is 316 g/mol. The highest BCUT2D eigenvalue weighted by atomic mass is 16.5. The number of amides is 2. The van der Waals surface area contributed by atoms with Gasteiger partial charge >= 0.3 is 11.9 Å². The second-order valence-electron chi connectivity index (χ2n) is 4.72. The summed E-state index contributed by atoms with van der Waals surface area (Å²) < 4.78 is 9.53. The van der Waals surface area contributed by atoms with E-state index in [-0.39, 0.29) is 32.5 Å². The van der Waals surface area contributed by atoms with Gasteiger partial charge in [-0.25, -0.2) is 0 Å². The third-order valence-corrected chi connectivity index (χ3v) is 2.82. The van der Waals surface area contributed by atoms with Crippen molar-refractivity contribution in [3.8, 4) is 0 Å². The molecule has 0 aromatic carbocycles. The quantitative estimate of drug-likeness (QED) is 0.542. The molecule has 0 spiro atoms. The lowest BCUT2D eigenvalue weighted by atomic mass is 10.0. The second kappa shape index (κ2) is 10.6. The molecule has 0 radical (unpaired) electrons. The largest absolute Gasteiger partial charge is 0.466 e. The normalized spacial score (nSPS) is 12.9. The summed E-state index contributed by atoms with van der Waals surface area (Å²) in [5, 5.41) is 2.41. The minimum atomic E-state index is -0.992. The van der Waals surface area contributed by atoms with Crippen LogP contribution in [0.5, 0.6) is 0 Å². The van der Waals surface area contributed by atoms with Gasteiger partial charge in [-0.3, -0.25) is 19.2 Å². The number of nitrogens with two attached hydrogens (primary N) is 1. The summed E-state index contributed by atoms with van der Waals surface area (Å²) in [7, 11) is 0. The Hall–Kier alpha value is -2.12. The van der Waals surface area contributed by atoms with Crippen molar-refractivity contribution in [3.05, 3.63) is 0 Å². The van der Waals surface area contributed by atoms with Gasteiger partial charge in [0.2, 0.25) is 11.8 Å². The molecule has 22 heavy (non-hydrogen) atoms. The number of carbonyl (C=O) groups is 4. The number of rotatable bonds is 10. The first-order valence-electron chi connectivity index (χ1n) is 7.22. The number of primary amides is 1. The Morgan fingerprint density at radius 1 is 1.05 bits per heavy atom. The number of ether oxygens (including phenoxy) is 2. The number of carbonyl (C=O) groups excluding carboxylic acids is 4. The van der Waals surface area contributed by atoms with E-state index in [0.717, 1.165) is 0 Å². The van der Waals surface area contributed by atoms with Gasteiger partial charge in [0.1, 0.15) is 6.04 Å². The van der Waals surface area contributed by atoms with Crippen molar-refractivity contribution in [2.75, 3.05) is 13.2 Å². The lowest BCUT2D eigenvalue weighted by Gasteiger charge is -2.18. The van der Waals surface area contributed by atoms with Crippen molar-refractivity contribution < 1.29 is 28.7 Å². The molecule has 0 unspecified atom stereocenters. The lowest BCUT2D eigenvalue weighted by Crippen LogP contribution is -2.46. The van der Waals surface area contributed by atoms with Crippen LogP contribution in [0.4, 0.5) is 0 Å². The number of esters is 2. The minimum Gasteiger partial charge on any atom is -0.466 e. The van der Waals surface area contributed by atoms with Gasteiger partial charge in [-0.15, -0.1) is 0 Å². The first-order valence-corrected chi connectivity index (χ1v) is 7.22. The fourth-order valence-electron chi connectivity index (χ4n) is 1.70. The number of hydrogen-bond donors (Lipinski definition) is 2. The van der Waals surface area contributed by atoms with Gasteiger partial charge in [0.15, 0.2) is 0 Å². The SMILES string of the molecule is CCOC(=O)CCC(=O)N[C@@H](C[C@H](C)C(=O)OCC)C(N)=O. The fraction of sp³-hybridized carbons (Fsp3) is 0.714. The Kier molecular flexibility index (Phi) is 9.56. The minimum absolute atomic E-state index is 0.0410. The van der Waals surface area contributed by atoms with E-state index in [9.17, 15) is 19.2 Å². The van der Waals surface area contributed by atoms with Crippen LogP contribution in [0.15, 0.2) is 0 Å². The summed E-state index contributed by atoms with van der Waals surface area (Å²) in [5.74, 6) is -2.79. The Morgan fingerprint density at radius 3 is 2.14 bits per heavy atom. The molecule has 2 atom stereocenters. The van der Waals surface area contributed by atoms with E-state index in [2.05, 4.69) is 5.32 Å². The summed E-state index contributed by atoms with van der Waals surface area (Å²) in [6.07, 6.45) is -0.158. The first-order chi connectivity index (χ1) is 10.3. The molecule has 8 heteroatoms. The Morgan fingerprint density at radius 2 is 1.64 bits per heavy atom. The van der Waals surface area contributed by atoms with Crippen LogP contribution in [0.3, 0.4) is 0 Å². The molecule has 0 heterocycles. The highest BCUT2D eigenvalue weighted by Crippen LogP contribution is 2.09. The summed E-state index contributed by atoms with van der Waals surface area (Å²) >= 11 is 0. The summed E-state index contributed by atoms with van der Waals surface area (Å²) in [6.45, 7) is 5.39. The van der Waals surface area contributed by atoms with Gasteiger partial charge < -0.3 is 20.5 Å². The average Bonchev–Trinajstić information content (AvgIpc) is 2.44. The molecular formula is C14H24N2O6. The van der Waals surface area contributed by atoms with Gasteiger partial charge in [-0.1, -0.05) is 6.92 Å². The van der Waals surface area contributed by atoms with Crippen LogP contribution in [-0.2, 0) is 28.7 Å². The molecule has 0 bridgehead atoms. The smallest absolute Gasteiger partial charge is 0.308 e. The second-order valence-corrected chi connectivity index (χ2v) is 4.72.